The summed E-state index contributed by atoms with van der Waals surface area (Å²) in [5.41, 5.74) is -0.715. The van der Waals surface area contributed by atoms with E-state index in [1.165, 1.54) is 30.0 Å². The van der Waals surface area contributed by atoms with Gasteiger partial charge in [-0.05, 0) is 35.9 Å². The van der Waals surface area contributed by atoms with Crippen molar-refractivity contribution >= 4 is 39.8 Å². The van der Waals surface area contributed by atoms with Crippen LogP contribution in [0.1, 0.15) is 22.8 Å². The maximum atomic E-state index is 13.1. The van der Waals surface area contributed by atoms with Crippen LogP contribution in [-0.2, 0) is 11.9 Å². The predicted molar refractivity (Wildman–Crippen MR) is 96.2 cm³/mol. The molecule has 0 aliphatic carbocycles. The summed E-state index contributed by atoms with van der Waals surface area (Å²) in [6.07, 6.45) is -0.0708. The molecule has 0 amide bonds. The summed E-state index contributed by atoms with van der Waals surface area (Å²) < 4.78 is 44.8. The van der Waals surface area contributed by atoms with E-state index in [-0.39, 0.29) is 11.4 Å². The largest absolute Gasteiger partial charge is 0.417 e. The molecule has 4 nitrogen and oxygen atoms in total. The van der Waals surface area contributed by atoms with Crippen molar-refractivity contribution in [2.24, 2.45) is 0 Å². The Bertz CT molecular complexity index is 913. The number of nitrogens with zero attached hydrogens (tertiary/aromatic N) is 3. The van der Waals surface area contributed by atoms with E-state index in [9.17, 15) is 13.2 Å². The van der Waals surface area contributed by atoms with Crippen molar-refractivity contribution in [2.75, 3.05) is 0 Å². The highest BCUT2D eigenvalue weighted by molar-refractivity contribution is 9.10. The first-order valence-corrected chi connectivity index (χ1v) is 9.11. The van der Waals surface area contributed by atoms with Gasteiger partial charge in [0, 0.05) is 10.7 Å². The van der Waals surface area contributed by atoms with E-state index >= 15 is 0 Å². The Morgan fingerprint density at radius 2 is 2.00 bits per heavy atom. The van der Waals surface area contributed by atoms with Gasteiger partial charge in [-0.15, -0.1) is 0 Å². The second-order valence-electron chi connectivity index (χ2n) is 5.07. The fourth-order valence-electron chi connectivity index (χ4n) is 2.05. The van der Waals surface area contributed by atoms with E-state index in [0.29, 0.717) is 16.1 Å². The fraction of sp³-hybridized carbons (Fsp3) is 0.118. The highest BCUT2D eigenvalue weighted by Crippen LogP contribution is 2.34. The fourth-order valence-corrected chi connectivity index (χ4v) is 3.11. The number of hydrogen-bond acceptors (Lipinski definition) is 5. The Balaban J connectivity index is 1.71. The molecule has 0 saturated heterocycles. The van der Waals surface area contributed by atoms with Gasteiger partial charge in [-0.2, -0.15) is 18.2 Å². The lowest BCUT2D eigenvalue weighted by Crippen LogP contribution is -2.07. The summed E-state index contributed by atoms with van der Waals surface area (Å²) in [4.78, 5) is 8.31. The molecule has 2 aromatic heterocycles. The third-order valence-corrected chi connectivity index (χ3v) is 4.62. The van der Waals surface area contributed by atoms with Gasteiger partial charge in [0.2, 0.25) is 5.89 Å². The van der Waals surface area contributed by atoms with Crippen LogP contribution in [0.25, 0.3) is 12.2 Å². The highest BCUT2D eigenvalue weighted by Gasteiger charge is 2.32. The van der Waals surface area contributed by atoms with Gasteiger partial charge in [0.05, 0.1) is 16.3 Å². The smallest absolute Gasteiger partial charge is 0.338 e. The van der Waals surface area contributed by atoms with Crippen LogP contribution in [0.3, 0.4) is 0 Å². The van der Waals surface area contributed by atoms with Crippen molar-refractivity contribution in [2.45, 2.75) is 17.0 Å². The second-order valence-corrected chi connectivity index (χ2v) is 6.98. The lowest BCUT2D eigenvalue weighted by molar-refractivity contribution is -0.137. The van der Waals surface area contributed by atoms with E-state index in [4.69, 9.17) is 4.52 Å². The number of rotatable bonds is 5. The van der Waals surface area contributed by atoms with Crippen LogP contribution in [-0.4, -0.2) is 15.1 Å². The molecule has 26 heavy (non-hydrogen) atoms. The number of hydrogen-bond donors (Lipinski definition) is 0. The molecule has 3 rings (SSSR count). The van der Waals surface area contributed by atoms with Crippen LogP contribution < -0.4 is 0 Å². The highest BCUT2D eigenvalue weighted by atomic mass is 79.9. The number of benzene rings is 1. The van der Waals surface area contributed by atoms with Crippen LogP contribution >= 0.6 is 27.7 Å². The summed E-state index contributed by atoms with van der Waals surface area (Å²) in [5, 5.41) is 4.57. The third kappa shape index (κ3) is 4.95. The molecule has 0 N–H and O–H groups in total. The third-order valence-electron chi connectivity index (χ3n) is 3.20. The number of halogens is 4. The van der Waals surface area contributed by atoms with Gasteiger partial charge in [-0.3, -0.25) is 0 Å². The number of thioether (sulfide) groups is 1. The maximum absolute atomic E-state index is 13.1. The summed E-state index contributed by atoms with van der Waals surface area (Å²) in [5.74, 6) is 0.994. The van der Waals surface area contributed by atoms with Crippen molar-refractivity contribution in [3.05, 3.63) is 69.9 Å². The predicted octanol–water partition coefficient (Wildman–Crippen LogP) is 5.71. The van der Waals surface area contributed by atoms with Gasteiger partial charge in [0.1, 0.15) is 0 Å². The van der Waals surface area contributed by atoms with E-state index in [2.05, 4.69) is 31.1 Å². The lowest BCUT2D eigenvalue weighted by atomic mass is 10.1. The van der Waals surface area contributed by atoms with Crippen molar-refractivity contribution in [1.82, 2.24) is 15.1 Å². The van der Waals surface area contributed by atoms with Crippen LogP contribution in [0, 0.1) is 0 Å². The normalized spacial score (nSPS) is 12.0. The van der Waals surface area contributed by atoms with Crippen LogP contribution in [0.15, 0.2) is 56.6 Å². The molecule has 0 aliphatic heterocycles. The molecule has 3 aromatic rings. The van der Waals surface area contributed by atoms with Gasteiger partial charge in [-0.1, -0.05) is 51.1 Å². The van der Waals surface area contributed by atoms with E-state index in [1.807, 2.05) is 18.2 Å². The standard InChI is InChI=1S/C17H11BrF3N3OS/c18-12-6-4-11(13(9-12)17(19,20)21)5-7-14-23-15(25-24-14)10-26-16-3-1-2-8-22-16/h1-9H,10H2. The monoisotopic (exact) mass is 441 g/mol. The molecule has 0 fully saturated rings. The zero-order valence-corrected chi connectivity index (χ0v) is 15.5. The lowest BCUT2D eigenvalue weighted by Gasteiger charge is -2.10. The quantitative estimate of drug-likeness (QED) is 0.474. The molecule has 0 unspecified atom stereocenters. The topological polar surface area (TPSA) is 51.8 Å². The average molecular weight is 442 g/mol. The molecule has 0 atom stereocenters. The Morgan fingerprint density at radius 1 is 1.15 bits per heavy atom. The molecule has 134 valence electrons. The molecule has 1 aromatic carbocycles. The molecule has 0 bridgehead atoms. The summed E-state index contributed by atoms with van der Waals surface area (Å²) in [6, 6.07) is 9.49. The van der Waals surface area contributed by atoms with Crippen molar-refractivity contribution in [3.8, 4) is 0 Å². The Hall–Kier alpha value is -2.13. The molecule has 0 radical (unpaired) electrons. The first-order chi connectivity index (χ1) is 12.4. The molecule has 9 heteroatoms. The second kappa shape index (κ2) is 8.05. The van der Waals surface area contributed by atoms with Gasteiger partial charge < -0.3 is 4.52 Å². The van der Waals surface area contributed by atoms with Gasteiger partial charge in [0.25, 0.3) is 0 Å². The zero-order valence-electron chi connectivity index (χ0n) is 13.1. The molecular weight excluding hydrogens is 431 g/mol. The Kier molecular flexibility index (Phi) is 5.77. The summed E-state index contributed by atoms with van der Waals surface area (Å²) in [6.45, 7) is 0. The first-order valence-electron chi connectivity index (χ1n) is 7.33. The Morgan fingerprint density at radius 3 is 2.73 bits per heavy atom. The van der Waals surface area contributed by atoms with Crippen LogP contribution in [0.2, 0.25) is 0 Å². The average Bonchev–Trinajstić information content (AvgIpc) is 3.07. The number of aromatic nitrogens is 3. The first kappa shape index (κ1) is 18.7. The maximum Gasteiger partial charge on any atom is 0.417 e. The molecule has 0 spiro atoms. The minimum Gasteiger partial charge on any atom is -0.338 e. The van der Waals surface area contributed by atoms with Crippen molar-refractivity contribution in [1.29, 1.82) is 0 Å². The summed E-state index contributed by atoms with van der Waals surface area (Å²) in [7, 11) is 0. The number of alkyl halides is 3. The molecule has 2 heterocycles. The van der Waals surface area contributed by atoms with Gasteiger partial charge >= 0.3 is 6.18 Å². The van der Waals surface area contributed by atoms with Gasteiger partial charge in [0.15, 0.2) is 5.82 Å². The SMILES string of the molecule is FC(F)(F)c1cc(Br)ccc1C=Cc1noc(CSc2ccccn2)n1. The minimum absolute atomic E-state index is 0.0231. The van der Waals surface area contributed by atoms with Crippen LogP contribution in [0.5, 0.6) is 0 Å². The molecule has 0 saturated carbocycles. The summed E-state index contributed by atoms with van der Waals surface area (Å²) >= 11 is 4.48. The van der Waals surface area contributed by atoms with Crippen LogP contribution in [0.4, 0.5) is 13.2 Å². The van der Waals surface area contributed by atoms with E-state index < -0.39 is 11.7 Å². The van der Waals surface area contributed by atoms with E-state index in [0.717, 1.165) is 11.1 Å². The number of pyridine rings is 1. The Labute approximate surface area is 159 Å². The van der Waals surface area contributed by atoms with Crippen molar-refractivity contribution < 1.29 is 17.7 Å². The van der Waals surface area contributed by atoms with E-state index in [1.54, 1.807) is 12.3 Å². The van der Waals surface area contributed by atoms with Gasteiger partial charge in [-0.25, -0.2) is 4.98 Å². The minimum atomic E-state index is -4.45. The molecular formula is C17H11BrF3N3OS. The molecule has 0 aliphatic rings. The van der Waals surface area contributed by atoms with Crippen molar-refractivity contribution in [3.63, 3.8) is 0 Å². The zero-order chi connectivity index (χ0) is 18.6.